The highest BCUT2D eigenvalue weighted by Gasteiger charge is 2.02. The third kappa shape index (κ3) is 2.27. The summed E-state index contributed by atoms with van der Waals surface area (Å²) < 4.78 is 0. The molecule has 1 aromatic rings. The molecule has 0 bridgehead atoms. The first-order valence-electron chi connectivity index (χ1n) is 3.52. The van der Waals surface area contributed by atoms with E-state index in [-0.39, 0.29) is 12.1 Å². The Balaban J connectivity index is 3.00. The van der Waals surface area contributed by atoms with Crippen molar-refractivity contribution in [1.82, 2.24) is 9.97 Å². The van der Waals surface area contributed by atoms with Gasteiger partial charge in [-0.3, -0.25) is 4.79 Å². The van der Waals surface area contributed by atoms with Gasteiger partial charge >= 0.3 is 0 Å². The van der Waals surface area contributed by atoms with Crippen molar-refractivity contribution in [3.8, 4) is 17.7 Å². The number of rotatable bonds is 1. The first-order chi connectivity index (χ1) is 6.75. The van der Waals surface area contributed by atoms with E-state index in [4.69, 9.17) is 10.6 Å². The summed E-state index contributed by atoms with van der Waals surface area (Å²) in [5, 5.41) is 12.2. The summed E-state index contributed by atoms with van der Waals surface area (Å²) in [6.45, 7) is -0.0652. The molecule has 70 valence electrons. The molecule has 0 spiro atoms. The Hall–Kier alpha value is -2.45. The fourth-order valence-corrected chi connectivity index (χ4v) is 0.698. The molecule has 0 fully saturated rings. The Labute approximate surface area is 78.1 Å². The van der Waals surface area contributed by atoms with E-state index in [1.165, 1.54) is 0 Å². The summed E-state index contributed by atoms with van der Waals surface area (Å²) in [5.41, 5.74) is 7.26. The Bertz CT molecular complexity index is 489. The molecule has 7 nitrogen and oxygen atoms in total. The number of nitrogens with zero attached hydrogens (tertiary/aromatic N) is 4. The molecule has 0 aliphatic rings. The van der Waals surface area contributed by atoms with E-state index in [0.29, 0.717) is 0 Å². The lowest BCUT2D eigenvalue weighted by Gasteiger charge is -1.91. The predicted octanol–water partition coefficient (Wildman–Crippen LogP) is 0.137. The van der Waals surface area contributed by atoms with E-state index in [1.54, 1.807) is 0 Å². The lowest BCUT2D eigenvalue weighted by molar-refractivity contribution is 0.449. The van der Waals surface area contributed by atoms with Crippen LogP contribution in [0.3, 0.4) is 0 Å². The van der Waals surface area contributed by atoms with Crippen LogP contribution in [0.1, 0.15) is 5.56 Å². The number of nitrogens with one attached hydrogen (secondary N) is 1. The summed E-state index contributed by atoms with van der Waals surface area (Å²) in [4.78, 5) is 19.2. The zero-order chi connectivity index (χ0) is 10.4. The number of azide groups is 1. The molecule has 2 N–H and O–H groups in total. The summed E-state index contributed by atoms with van der Waals surface area (Å²) >= 11 is 0. The Morgan fingerprint density at radius 3 is 3.21 bits per heavy atom. The van der Waals surface area contributed by atoms with Crippen LogP contribution in [0.5, 0.6) is 5.88 Å². The van der Waals surface area contributed by atoms with Crippen molar-refractivity contribution in [3.63, 3.8) is 0 Å². The molecule has 1 aromatic heterocycles. The number of aromatic hydroxyl groups is 1. The summed E-state index contributed by atoms with van der Waals surface area (Å²) in [6.07, 6.45) is 1.07. The quantitative estimate of drug-likeness (QED) is 0.284. The van der Waals surface area contributed by atoms with Crippen molar-refractivity contribution in [2.45, 2.75) is 0 Å². The van der Waals surface area contributed by atoms with Gasteiger partial charge in [0.05, 0.1) is 12.9 Å². The van der Waals surface area contributed by atoms with Crippen LogP contribution in [0, 0.1) is 11.8 Å². The second-order valence-corrected chi connectivity index (χ2v) is 2.12. The van der Waals surface area contributed by atoms with Gasteiger partial charge in [0.15, 0.2) is 5.56 Å². The maximum atomic E-state index is 11.0. The third-order valence-electron chi connectivity index (χ3n) is 1.26. The van der Waals surface area contributed by atoms with Gasteiger partial charge in [-0.25, -0.2) is 4.98 Å². The summed E-state index contributed by atoms with van der Waals surface area (Å²) in [7, 11) is 0. The molecule has 1 heterocycles. The van der Waals surface area contributed by atoms with Crippen LogP contribution in [0.2, 0.25) is 0 Å². The molecule has 14 heavy (non-hydrogen) atoms. The largest absolute Gasteiger partial charge is 0.492 e. The normalized spacial score (nSPS) is 8.29. The van der Waals surface area contributed by atoms with Gasteiger partial charge in [0.2, 0.25) is 5.88 Å². The van der Waals surface area contributed by atoms with Crippen LogP contribution in [-0.2, 0) is 0 Å². The molecular weight excluding hydrogens is 186 g/mol. The molecule has 0 aromatic carbocycles. The number of aromatic nitrogens is 2. The Kier molecular flexibility index (Phi) is 3.13. The summed E-state index contributed by atoms with van der Waals surface area (Å²) in [5.74, 6) is 4.30. The fraction of sp³-hybridized carbons (Fsp3) is 0.143. The van der Waals surface area contributed by atoms with Gasteiger partial charge < -0.3 is 10.1 Å². The van der Waals surface area contributed by atoms with E-state index in [2.05, 4.69) is 31.8 Å². The number of H-pyrrole nitrogens is 1. The van der Waals surface area contributed by atoms with Gasteiger partial charge in [-0.1, -0.05) is 17.0 Å². The molecule has 0 atom stereocenters. The second kappa shape index (κ2) is 4.54. The molecule has 0 unspecified atom stereocenters. The number of aromatic amines is 1. The van der Waals surface area contributed by atoms with E-state index in [0.717, 1.165) is 6.33 Å². The van der Waals surface area contributed by atoms with Crippen LogP contribution in [0.4, 0.5) is 0 Å². The van der Waals surface area contributed by atoms with Crippen LogP contribution >= 0.6 is 0 Å². The van der Waals surface area contributed by atoms with Crippen LogP contribution in [0.25, 0.3) is 10.4 Å². The standard InChI is InChI=1S/C7H5N5O2/c8-12-11-3-1-2-5-6(13)9-4-10-7(5)14/h4H,3H2,(H2,9,10,13,14). The molecule has 0 aliphatic carbocycles. The first-order valence-corrected chi connectivity index (χ1v) is 3.52. The van der Waals surface area contributed by atoms with E-state index >= 15 is 0 Å². The van der Waals surface area contributed by atoms with Crippen molar-refractivity contribution in [2.75, 3.05) is 6.54 Å². The van der Waals surface area contributed by atoms with Gasteiger partial charge in [-0.05, 0) is 5.53 Å². The second-order valence-electron chi connectivity index (χ2n) is 2.12. The lowest BCUT2D eigenvalue weighted by Crippen LogP contribution is -2.10. The van der Waals surface area contributed by atoms with Gasteiger partial charge in [-0.15, -0.1) is 0 Å². The monoisotopic (exact) mass is 191 g/mol. The first kappa shape index (κ1) is 9.64. The fourth-order valence-electron chi connectivity index (χ4n) is 0.698. The maximum Gasteiger partial charge on any atom is 0.270 e. The summed E-state index contributed by atoms with van der Waals surface area (Å²) in [6, 6.07) is 0. The van der Waals surface area contributed by atoms with Gasteiger partial charge in [0.1, 0.15) is 0 Å². The van der Waals surface area contributed by atoms with Crippen molar-refractivity contribution in [3.05, 3.63) is 32.7 Å². The minimum Gasteiger partial charge on any atom is -0.492 e. The minimum atomic E-state index is -0.536. The number of hydrogen-bond donors (Lipinski definition) is 2. The zero-order valence-electron chi connectivity index (χ0n) is 6.93. The third-order valence-corrected chi connectivity index (χ3v) is 1.26. The maximum absolute atomic E-state index is 11.0. The highest BCUT2D eigenvalue weighted by molar-refractivity contribution is 5.38. The molecular formula is C7H5N5O2. The molecule has 0 radical (unpaired) electrons. The SMILES string of the molecule is [N-]=[N+]=NCC#Cc1c(O)nc[nH]c1=O. The van der Waals surface area contributed by atoms with Crippen LogP contribution < -0.4 is 5.56 Å². The molecule has 0 saturated carbocycles. The van der Waals surface area contributed by atoms with Gasteiger partial charge in [0.25, 0.3) is 5.56 Å². The topological polar surface area (TPSA) is 115 Å². The molecule has 1 rings (SSSR count). The Morgan fingerprint density at radius 2 is 2.57 bits per heavy atom. The van der Waals surface area contributed by atoms with E-state index < -0.39 is 11.4 Å². The van der Waals surface area contributed by atoms with Gasteiger partial charge in [-0.2, -0.15) is 0 Å². The predicted molar refractivity (Wildman–Crippen MR) is 47.4 cm³/mol. The van der Waals surface area contributed by atoms with Crippen molar-refractivity contribution < 1.29 is 5.11 Å². The van der Waals surface area contributed by atoms with Crippen molar-refractivity contribution >= 4 is 0 Å². The Morgan fingerprint density at radius 1 is 1.79 bits per heavy atom. The molecule has 0 saturated heterocycles. The van der Waals surface area contributed by atoms with E-state index in [9.17, 15) is 4.79 Å². The minimum absolute atomic E-state index is 0.0652. The van der Waals surface area contributed by atoms with Gasteiger partial charge in [0, 0.05) is 4.91 Å². The highest BCUT2D eigenvalue weighted by Crippen LogP contribution is 2.02. The average Bonchev–Trinajstić information content (AvgIpc) is 2.16. The lowest BCUT2D eigenvalue weighted by atomic mass is 10.3. The molecule has 7 heteroatoms. The van der Waals surface area contributed by atoms with Crippen molar-refractivity contribution in [1.29, 1.82) is 0 Å². The zero-order valence-corrected chi connectivity index (χ0v) is 6.93. The smallest absolute Gasteiger partial charge is 0.270 e. The van der Waals surface area contributed by atoms with E-state index in [1.807, 2.05) is 0 Å². The molecule has 0 aliphatic heterocycles. The number of hydrogen-bond acceptors (Lipinski definition) is 4. The average molecular weight is 191 g/mol. The molecule has 0 amide bonds. The van der Waals surface area contributed by atoms with Crippen molar-refractivity contribution in [2.24, 2.45) is 5.11 Å². The van der Waals surface area contributed by atoms with Crippen LogP contribution in [0.15, 0.2) is 16.2 Å². The highest BCUT2D eigenvalue weighted by atomic mass is 16.3. The van der Waals surface area contributed by atoms with Crippen LogP contribution in [-0.4, -0.2) is 21.6 Å².